The second kappa shape index (κ2) is 2.74. The molecule has 0 saturated heterocycles. The fourth-order valence-electron chi connectivity index (χ4n) is 1.02. The first-order valence-electron chi connectivity index (χ1n) is 3.42. The van der Waals surface area contributed by atoms with E-state index in [4.69, 9.17) is 11.1 Å². The molecule has 0 atom stereocenters. The monoisotopic (exact) mass is 152 g/mol. The van der Waals surface area contributed by atoms with Gasteiger partial charge in [-0.05, 0) is 13.0 Å². The molecule has 0 aliphatic rings. The maximum Gasteiger partial charge on any atom is 0.0965 e. The molecule has 0 aliphatic heterocycles. The Labute approximate surface area is 65.5 Å². The maximum atomic E-state index is 7.07. The third-order valence-electron chi connectivity index (χ3n) is 1.47. The quantitative estimate of drug-likeness (QED) is 0.469. The number of nitrogens with one attached hydrogen (secondary N) is 1. The van der Waals surface area contributed by atoms with E-state index in [1.807, 2.05) is 20.0 Å². The predicted molar refractivity (Wildman–Crippen MR) is 43.6 cm³/mol. The van der Waals surface area contributed by atoms with Crippen molar-refractivity contribution in [2.45, 2.75) is 13.3 Å². The number of hydrogen-bond acceptors (Lipinski definition) is 2. The van der Waals surface area contributed by atoms with E-state index >= 15 is 0 Å². The van der Waals surface area contributed by atoms with Crippen LogP contribution in [0.3, 0.4) is 0 Å². The Morgan fingerprint density at radius 2 is 2.45 bits per heavy atom. The Bertz CT molecular complexity index is 274. The van der Waals surface area contributed by atoms with Crippen molar-refractivity contribution in [3.05, 3.63) is 17.5 Å². The van der Waals surface area contributed by atoms with Gasteiger partial charge in [0.1, 0.15) is 0 Å². The fourth-order valence-corrected chi connectivity index (χ4v) is 1.02. The van der Waals surface area contributed by atoms with Crippen molar-refractivity contribution in [3.8, 4) is 0 Å². The summed E-state index contributed by atoms with van der Waals surface area (Å²) in [5.74, 6) is 0.174. The summed E-state index contributed by atoms with van der Waals surface area (Å²) in [6, 6.07) is 1.93. The van der Waals surface area contributed by atoms with Gasteiger partial charge < -0.3 is 5.73 Å². The average Bonchev–Trinajstić information content (AvgIpc) is 2.09. The highest BCUT2D eigenvalue weighted by Gasteiger charge is 2.01. The van der Waals surface area contributed by atoms with E-state index in [0.717, 1.165) is 11.4 Å². The van der Waals surface area contributed by atoms with Crippen LogP contribution in [0.1, 0.15) is 11.4 Å². The topological polar surface area (TPSA) is 67.7 Å². The zero-order valence-electron chi connectivity index (χ0n) is 6.76. The van der Waals surface area contributed by atoms with Gasteiger partial charge >= 0.3 is 0 Å². The summed E-state index contributed by atoms with van der Waals surface area (Å²) in [5.41, 5.74) is 7.19. The molecule has 60 valence electrons. The molecule has 0 unspecified atom stereocenters. The van der Waals surface area contributed by atoms with E-state index in [-0.39, 0.29) is 5.84 Å². The van der Waals surface area contributed by atoms with Crippen LogP contribution in [0.15, 0.2) is 6.07 Å². The lowest BCUT2D eigenvalue weighted by Crippen LogP contribution is -2.15. The summed E-state index contributed by atoms with van der Waals surface area (Å²) in [6.07, 6.45) is 0.483. The molecule has 1 aromatic rings. The Hall–Kier alpha value is -1.32. The third kappa shape index (κ3) is 1.80. The number of amidine groups is 1. The van der Waals surface area contributed by atoms with Gasteiger partial charge in [-0.1, -0.05) is 0 Å². The highest BCUT2D eigenvalue weighted by molar-refractivity contribution is 5.79. The van der Waals surface area contributed by atoms with Gasteiger partial charge in [0.25, 0.3) is 0 Å². The van der Waals surface area contributed by atoms with E-state index in [9.17, 15) is 0 Å². The molecule has 0 aromatic carbocycles. The van der Waals surface area contributed by atoms with Crippen LogP contribution in [0.4, 0.5) is 0 Å². The summed E-state index contributed by atoms with van der Waals surface area (Å²) < 4.78 is 1.75. The summed E-state index contributed by atoms with van der Waals surface area (Å²) in [5, 5.41) is 11.2. The third-order valence-corrected chi connectivity index (χ3v) is 1.47. The maximum absolute atomic E-state index is 7.07. The predicted octanol–water partition coefficient (Wildman–Crippen LogP) is 0.207. The largest absolute Gasteiger partial charge is 0.387 e. The van der Waals surface area contributed by atoms with Crippen LogP contribution in [-0.2, 0) is 13.5 Å². The van der Waals surface area contributed by atoms with Crippen molar-refractivity contribution in [1.29, 1.82) is 5.41 Å². The first-order chi connectivity index (χ1) is 5.09. The minimum atomic E-state index is 0.174. The van der Waals surface area contributed by atoms with Crippen molar-refractivity contribution < 1.29 is 0 Å². The second-order valence-corrected chi connectivity index (χ2v) is 2.60. The van der Waals surface area contributed by atoms with Crippen LogP contribution >= 0.6 is 0 Å². The highest BCUT2D eigenvalue weighted by Crippen LogP contribution is 2.01. The van der Waals surface area contributed by atoms with Gasteiger partial charge in [0.2, 0.25) is 0 Å². The average molecular weight is 152 g/mol. The molecule has 0 aliphatic carbocycles. The van der Waals surface area contributed by atoms with Crippen molar-refractivity contribution >= 4 is 5.84 Å². The number of nitrogens with two attached hydrogens (primary N) is 1. The van der Waals surface area contributed by atoms with Crippen molar-refractivity contribution in [3.63, 3.8) is 0 Å². The van der Waals surface area contributed by atoms with Crippen LogP contribution in [0, 0.1) is 12.3 Å². The Morgan fingerprint density at radius 1 is 1.82 bits per heavy atom. The van der Waals surface area contributed by atoms with Gasteiger partial charge in [-0.2, -0.15) is 5.10 Å². The standard InChI is InChI=1S/C7H12N4/c1-5-3-6(4-7(8)9)11(2)10-5/h3H,4H2,1-2H3,(H3,8,9). The second-order valence-electron chi connectivity index (χ2n) is 2.60. The van der Waals surface area contributed by atoms with Gasteiger partial charge in [-0.15, -0.1) is 0 Å². The summed E-state index contributed by atoms with van der Waals surface area (Å²) in [4.78, 5) is 0. The van der Waals surface area contributed by atoms with Crippen LogP contribution < -0.4 is 5.73 Å². The number of aryl methyl sites for hydroxylation is 2. The first kappa shape index (κ1) is 7.78. The molecular weight excluding hydrogens is 140 g/mol. The summed E-state index contributed by atoms with van der Waals surface area (Å²) in [7, 11) is 1.85. The molecule has 0 bridgehead atoms. The van der Waals surface area contributed by atoms with E-state index in [1.165, 1.54) is 0 Å². The van der Waals surface area contributed by atoms with E-state index < -0.39 is 0 Å². The molecule has 1 aromatic heterocycles. The molecule has 3 N–H and O–H groups in total. The van der Waals surface area contributed by atoms with Gasteiger partial charge in [0.15, 0.2) is 0 Å². The van der Waals surface area contributed by atoms with Gasteiger partial charge in [0, 0.05) is 19.2 Å². The van der Waals surface area contributed by atoms with E-state index in [0.29, 0.717) is 6.42 Å². The van der Waals surface area contributed by atoms with E-state index in [2.05, 4.69) is 5.10 Å². The molecule has 1 heterocycles. The summed E-state index contributed by atoms with van der Waals surface area (Å²) >= 11 is 0. The molecule has 0 fully saturated rings. The minimum absolute atomic E-state index is 0.174. The number of nitrogens with zero attached hydrogens (tertiary/aromatic N) is 2. The molecule has 1 rings (SSSR count). The molecule has 4 nitrogen and oxygen atoms in total. The molecular formula is C7H12N4. The van der Waals surface area contributed by atoms with Gasteiger partial charge in [-0.3, -0.25) is 10.1 Å². The molecule has 0 saturated carbocycles. The van der Waals surface area contributed by atoms with Crippen LogP contribution in [0.25, 0.3) is 0 Å². The summed E-state index contributed by atoms with van der Waals surface area (Å²) in [6.45, 7) is 1.92. The first-order valence-corrected chi connectivity index (χ1v) is 3.42. The van der Waals surface area contributed by atoms with Gasteiger partial charge in [0.05, 0.1) is 11.5 Å². The van der Waals surface area contributed by atoms with Crippen molar-refractivity contribution in [2.75, 3.05) is 0 Å². The number of hydrogen-bond donors (Lipinski definition) is 2. The van der Waals surface area contributed by atoms with Crippen LogP contribution in [0.5, 0.6) is 0 Å². The lowest BCUT2D eigenvalue weighted by molar-refractivity contribution is 0.722. The van der Waals surface area contributed by atoms with Crippen molar-refractivity contribution in [1.82, 2.24) is 9.78 Å². The molecule has 0 amide bonds. The van der Waals surface area contributed by atoms with Gasteiger partial charge in [-0.25, -0.2) is 0 Å². The Kier molecular flexibility index (Phi) is 1.94. The van der Waals surface area contributed by atoms with Crippen LogP contribution in [0.2, 0.25) is 0 Å². The zero-order chi connectivity index (χ0) is 8.43. The fraction of sp³-hybridized carbons (Fsp3) is 0.429. The normalized spacial score (nSPS) is 10.0. The number of aromatic nitrogens is 2. The highest BCUT2D eigenvalue weighted by atomic mass is 15.3. The lowest BCUT2D eigenvalue weighted by atomic mass is 10.3. The number of rotatable bonds is 2. The molecule has 0 radical (unpaired) electrons. The van der Waals surface area contributed by atoms with E-state index in [1.54, 1.807) is 4.68 Å². The molecule has 11 heavy (non-hydrogen) atoms. The lowest BCUT2D eigenvalue weighted by Gasteiger charge is -1.97. The minimum Gasteiger partial charge on any atom is -0.387 e. The SMILES string of the molecule is Cc1cc(CC(=N)N)n(C)n1. The molecule has 4 heteroatoms. The zero-order valence-corrected chi connectivity index (χ0v) is 6.76. The van der Waals surface area contributed by atoms with Crippen LogP contribution in [-0.4, -0.2) is 15.6 Å². The van der Waals surface area contributed by atoms with Crippen molar-refractivity contribution in [2.24, 2.45) is 12.8 Å². The Balaban J connectivity index is 2.85. The molecule has 0 spiro atoms. The smallest absolute Gasteiger partial charge is 0.0965 e. The Morgan fingerprint density at radius 3 is 2.82 bits per heavy atom.